The van der Waals surface area contributed by atoms with E-state index in [4.69, 9.17) is 9.84 Å². The molecule has 6 nitrogen and oxygen atoms in total. The van der Waals surface area contributed by atoms with E-state index in [1.54, 1.807) is 24.3 Å². The predicted molar refractivity (Wildman–Crippen MR) is 97.8 cm³/mol. The molecule has 0 radical (unpaired) electrons. The van der Waals surface area contributed by atoms with Gasteiger partial charge < -0.3 is 15.2 Å². The summed E-state index contributed by atoms with van der Waals surface area (Å²) in [6.45, 7) is 3.85. The van der Waals surface area contributed by atoms with Crippen molar-refractivity contribution in [2.75, 3.05) is 5.32 Å². The van der Waals surface area contributed by atoms with Crippen LogP contribution >= 0.6 is 0 Å². The predicted octanol–water partition coefficient (Wildman–Crippen LogP) is 3.72. The summed E-state index contributed by atoms with van der Waals surface area (Å²) in [7, 11) is 0. The molecule has 1 amide bonds. The first-order valence-electron chi connectivity index (χ1n) is 7.92. The number of hydrogen-bond donors (Lipinski definition) is 2. The van der Waals surface area contributed by atoms with Gasteiger partial charge in [-0.25, -0.2) is 4.79 Å². The average molecular weight is 350 g/mol. The molecule has 0 atom stereocenters. The third-order valence-corrected chi connectivity index (χ3v) is 3.32. The summed E-state index contributed by atoms with van der Waals surface area (Å²) in [6, 6.07) is 14.6. The molecule has 0 aliphatic carbocycles. The summed E-state index contributed by atoms with van der Waals surface area (Å²) in [4.78, 5) is 23.1. The molecule has 0 saturated carbocycles. The number of carbonyl (C=O) groups excluding carboxylic acids is 1. The normalized spacial score (nSPS) is 10.9. The fourth-order valence-electron chi connectivity index (χ4n) is 2.12. The smallest absolute Gasteiger partial charge is 0.335 e. The van der Waals surface area contributed by atoms with Crippen LogP contribution in [-0.2, 0) is 4.79 Å². The number of anilines is 1. The number of carboxylic acid groups (broad SMARTS) is 1. The number of amides is 1. The maximum absolute atomic E-state index is 12.2. The number of carbonyl (C=O) groups is 2. The Kier molecular flexibility index (Phi) is 6.12. The number of rotatable bonds is 6. The van der Waals surface area contributed by atoms with E-state index in [0.717, 1.165) is 0 Å². The lowest BCUT2D eigenvalue weighted by Gasteiger charge is -2.09. The lowest BCUT2D eigenvalue weighted by Crippen LogP contribution is -2.13. The van der Waals surface area contributed by atoms with Gasteiger partial charge in [0, 0.05) is 5.69 Å². The van der Waals surface area contributed by atoms with E-state index in [1.807, 2.05) is 19.9 Å². The Morgan fingerprint density at radius 3 is 2.23 bits per heavy atom. The van der Waals surface area contributed by atoms with E-state index < -0.39 is 11.9 Å². The summed E-state index contributed by atoms with van der Waals surface area (Å²) in [5.41, 5.74) is 1.14. The number of ether oxygens (including phenoxy) is 1. The van der Waals surface area contributed by atoms with Crippen molar-refractivity contribution in [3.63, 3.8) is 0 Å². The van der Waals surface area contributed by atoms with Crippen molar-refractivity contribution in [3.8, 4) is 11.8 Å². The van der Waals surface area contributed by atoms with Gasteiger partial charge in [-0.3, -0.25) is 4.79 Å². The van der Waals surface area contributed by atoms with Gasteiger partial charge in [-0.15, -0.1) is 0 Å². The van der Waals surface area contributed by atoms with Crippen LogP contribution in [0.15, 0.2) is 54.1 Å². The zero-order valence-electron chi connectivity index (χ0n) is 14.4. The Labute approximate surface area is 151 Å². The zero-order valence-corrected chi connectivity index (χ0v) is 14.4. The van der Waals surface area contributed by atoms with Crippen LogP contribution in [0, 0.1) is 11.3 Å². The first-order valence-corrected chi connectivity index (χ1v) is 7.92. The highest BCUT2D eigenvalue weighted by Crippen LogP contribution is 2.17. The average Bonchev–Trinajstić information content (AvgIpc) is 2.61. The first kappa shape index (κ1) is 18.7. The van der Waals surface area contributed by atoms with Gasteiger partial charge in [0.25, 0.3) is 5.91 Å². The minimum Gasteiger partial charge on any atom is -0.491 e. The zero-order chi connectivity index (χ0) is 19.1. The number of nitrogens with zero attached hydrogens (tertiary/aromatic N) is 1. The maximum atomic E-state index is 12.2. The fraction of sp³-hybridized carbons (Fsp3) is 0.150. The van der Waals surface area contributed by atoms with Crippen LogP contribution in [0.2, 0.25) is 0 Å². The molecule has 0 bridgehead atoms. The molecule has 0 aromatic heterocycles. The van der Waals surface area contributed by atoms with Crippen LogP contribution in [0.25, 0.3) is 6.08 Å². The number of benzene rings is 2. The Hall–Kier alpha value is -3.59. The monoisotopic (exact) mass is 350 g/mol. The molecule has 132 valence electrons. The minimum atomic E-state index is -1.05. The topological polar surface area (TPSA) is 99.4 Å². The van der Waals surface area contributed by atoms with E-state index in [9.17, 15) is 14.9 Å². The molecule has 0 spiro atoms. The molecule has 2 aromatic carbocycles. The summed E-state index contributed by atoms with van der Waals surface area (Å²) >= 11 is 0. The molecule has 0 aliphatic heterocycles. The van der Waals surface area contributed by atoms with Crippen molar-refractivity contribution in [2.24, 2.45) is 0 Å². The highest BCUT2D eigenvalue weighted by atomic mass is 16.5. The molecular weight excluding hydrogens is 332 g/mol. The summed E-state index contributed by atoms with van der Waals surface area (Å²) < 4.78 is 5.55. The van der Waals surface area contributed by atoms with Crippen molar-refractivity contribution >= 4 is 23.6 Å². The molecule has 6 heteroatoms. The van der Waals surface area contributed by atoms with Gasteiger partial charge in [-0.2, -0.15) is 5.26 Å². The van der Waals surface area contributed by atoms with Gasteiger partial charge in [0.2, 0.25) is 0 Å². The molecule has 2 N–H and O–H groups in total. The van der Waals surface area contributed by atoms with Crippen LogP contribution in [0.1, 0.15) is 29.8 Å². The van der Waals surface area contributed by atoms with Gasteiger partial charge in [-0.1, -0.05) is 12.1 Å². The Balaban J connectivity index is 2.11. The fourth-order valence-corrected chi connectivity index (χ4v) is 2.12. The van der Waals surface area contributed by atoms with Crippen molar-refractivity contribution in [1.82, 2.24) is 0 Å². The number of carboxylic acids is 1. The van der Waals surface area contributed by atoms with Gasteiger partial charge in [-0.05, 0) is 61.9 Å². The molecule has 2 rings (SSSR count). The van der Waals surface area contributed by atoms with Crippen molar-refractivity contribution in [2.45, 2.75) is 20.0 Å². The Morgan fingerprint density at radius 1 is 1.12 bits per heavy atom. The SMILES string of the molecule is CC(C)Oc1ccc(C=C(C#N)C(=O)Nc2ccc(C(=O)O)cc2)cc1. The van der Waals surface area contributed by atoms with E-state index in [2.05, 4.69) is 5.32 Å². The van der Waals surface area contributed by atoms with Gasteiger partial charge in [0.15, 0.2) is 0 Å². The van der Waals surface area contributed by atoms with Crippen molar-refractivity contribution in [3.05, 3.63) is 65.2 Å². The first-order chi connectivity index (χ1) is 12.4. The lowest BCUT2D eigenvalue weighted by atomic mass is 10.1. The van der Waals surface area contributed by atoms with Gasteiger partial charge in [0.1, 0.15) is 17.4 Å². The summed E-state index contributed by atoms with van der Waals surface area (Å²) in [5, 5.41) is 20.7. The second-order valence-corrected chi connectivity index (χ2v) is 5.74. The number of nitrogens with one attached hydrogen (secondary N) is 1. The van der Waals surface area contributed by atoms with Crippen LogP contribution in [0.3, 0.4) is 0 Å². The molecule has 0 aliphatic rings. The second-order valence-electron chi connectivity index (χ2n) is 5.74. The van der Waals surface area contributed by atoms with Crippen LogP contribution < -0.4 is 10.1 Å². The van der Waals surface area contributed by atoms with E-state index in [1.165, 1.54) is 30.3 Å². The van der Waals surface area contributed by atoms with E-state index >= 15 is 0 Å². The number of hydrogen-bond acceptors (Lipinski definition) is 4. The van der Waals surface area contributed by atoms with Gasteiger partial charge >= 0.3 is 5.97 Å². The number of nitriles is 1. The van der Waals surface area contributed by atoms with Crippen LogP contribution in [0.5, 0.6) is 5.75 Å². The quantitative estimate of drug-likeness (QED) is 0.611. The summed E-state index contributed by atoms with van der Waals surface area (Å²) in [6.07, 6.45) is 1.53. The second kappa shape index (κ2) is 8.49. The maximum Gasteiger partial charge on any atom is 0.335 e. The highest BCUT2D eigenvalue weighted by Gasteiger charge is 2.10. The minimum absolute atomic E-state index is 0.0596. The van der Waals surface area contributed by atoms with E-state index in [0.29, 0.717) is 17.0 Å². The highest BCUT2D eigenvalue weighted by molar-refractivity contribution is 6.09. The van der Waals surface area contributed by atoms with Crippen molar-refractivity contribution in [1.29, 1.82) is 5.26 Å². The standard InChI is InChI=1S/C20H18N2O4/c1-13(2)26-18-9-3-14(4-10-18)11-16(12-21)19(23)22-17-7-5-15(6-8-17)20(24)25/h3-11,13H,1-2H3,(H,22,23)(H,24,25). The Bertz CT molecular complexity index is 860. The molecule has 0 fully saturated rings. The molecular formula is C20H18N2O4. The summed E-state index contributed by atoms with van der Waals surface area (Å²) in [5.74, 6) is -0.915. The molecule has 0 heterocycles. The van der Waals surface area contributed by atoms with Crippen molar-refractivity contribution < 1.29 is 19.4 Å². The molecule has 2 aromatic rings. The Morgan fingerprint density at radius 2 is 1.73 bits per heavy atom. The largest absolute Gasteiger partial charge is 0.491 e. The number of aromatic carboxylic acids is 1. The van der Waals surface area contributed by atoms with E-state index in [-0.39, 0.29) is 17.2 Å². The lowest BCUT2D eigenvalue weighted by molar-refractivity contribution is -0.112. The molecule has 26 heavy (non-hydrogen) atoms. The third kappa shape index (κ3) is 5.21. The molecule has 0 unspecified atom stereocenters. The van der Waals surface area contributed by atoms with Crippen LogP contribution in [0.4, 0.5) is 5.69 Å². The third-order valence-electron chi connectivity index (χ3n) is 3.32. The van der Waals surface area contributed by atoms with Crippen LogP contribution in [-0.4, -0.2) is 23.1 Å². The van der Waals surface area contributed by atoms with Gasteiger partial charge in [0.05, 0.1) is 11.7 Å². The molecule has 0 saturated heterocycles.